The van der Waals surface area contributed by atoms with Crippen molar-refractivity contribution in [2.24, 2.45) is 0 Å². The summed E-state index contributed by atoms with van der Waals surface area (Å²) in [7, 11) is 0. The van der Waals surface area contributed by atoms with Crippen LogP contribution in [0.3, 0.4) is 0 Å². The van der Waals surface area contributed by atoms with Gasteiger partial charge in [-0.05, 0) is 6.92 Å². The zero-order chi connectivity index (χ0) is 12.4. The van der Waals surface area contributed by atoms with Gasteiger partial charge in [0.2, 0.25) is 0 Å². The molecule has 0 aliphatic carbocycles. The van der Waals surface area contributed by atoms with Crippen LogP contribution >= 0.6 is 15.9 Å². The van der Waals surface area contributed by atoms with Gasteiger partial charge in [-0.2, -0.15) is 0 Å². The number of alkyl halides is 1. The highest BCUT2D eigenvalue weighted by Gasteiger charge is 2.15. The Morgan fingerprint density at radius 3 is 2.88 bits per heavy atom. The monoisotopic (exact) mass is 296 g/mol. The van der Waals surface area contributed by atoms with Crippen LogP contribution in [-0.4, -0.2) is 10.1 Å². The maximum atomic E-state index is 10.7. The Bertz CT molecular complexity index is 566. The van der Waals surface area contributed by atoms with Crippen LogP contribution in [0.25, 0.3) is 11.3 Å². The van der Waals surface area contributed by atoms with Gasteiger partial charge in [0.25, 0.3) is 5.69 Å². The van der Waals surface area contributed by atoms with Gasteiger partial charge in [-0.15, -0.1) is 0 Å². The Morgan fingerprint density at radius 1 is 1.53 bits per heavy atom. The van der Waals surface area contributed by atoms with Gasteiger partial charge < -0.3 is 4.52 Å². The molecule has 0 aliphatic rings. The van der Waals surface area contributed by atoms with E-state index in [1.807, 2.05) is 6.92 Å². The first kappa shape index (κ1) is 11.8. The lowest BCUT2D eigenvalue weighted by Crippen LogP contribution is -1.88. The first-order valence-corrected chi connectivity index (χ1v) is 6.01. The van der Waals surface area contributed by atoms with Crippen molar-refractivity contribution in [1.82, 2.24) is 5.16 Å². The topological polar surface area (TPSA) is 69.2 Å². The van der Waals surface area contributed by atoms with Gasteiger partial charge in [0.05, 0.1) is 10.6 Å². The summed E-state index contributed by atoms with van der Waals surface area (Å²) in [4.78, 5) is 10.3. The lowest BCUT2D eigenvalue weighted by atomic mass is 10.1. The molecular weight excluding hydrogens is 288 g/mol. The van der Waals surface area contributed by atoms with Crippen LogP contribution in [0.5, 0.6) is 0 Å². The van der Waals surface area contributed by atoms with E-state index in [2.05, 4.69) is 21.1 Å². The first-order chi connectivity index (χ1) is 8.13. The number of aromatic nitrogens is 1. The van der Waals surface area contributed by atoms with E-state index in [-0.39, 0.29) is 5.69 Å². The predicted molar refractivity (Wildman–Crippen MR) is 66.0 cm³/mol. The summed E-state index contributed by atoms with van der Waals surface area (Å²) in [5.74, 6) is 0.572. The van der Waals surface area contributed by atoms with E-state index >= 15 is 0 Å². The van der Waals surface area contributed by atoms with Gasteiger partial charge in [0, 0.05) is 28.6 Å². The van der Waals surface area contributed by atoms with Gasteiger partial charge in [-0.3, -0.25) is 10.1 Å². The van der Waals surface area contributed by atoms with E-state index in [0.29, 0.717) is 16.7 Å². The van der Waals surface area contributed by atoms with Crippen molar-refractivity contribution in [3.63, 3.8) is 0 Å². The molecule has 0 atom stereocenters. The van der Waals surface area contributed by atoms with E-state index in [1.165, 1.54) is 12.1 Å². The van der Waals surface area contributed by atoms with Crippen molar-refractivity contribution in [2.45, 2.75) is 12.3 Å². The Labute approximate surface area is 106 Å². The third-order valence-corrected chi connectivity index (χ3v) is 3.00. The molecule has 1 aromatic carbocycles. The lowest BCUT2D eigenvalue weighted by Gasteiger charge is -1.97. The van der Waals surface area contributed by atoms with Crippen LogP contribution < -0.4 is 0 Å². The smallest absolute Gasteiger partial charge is 0.270 e. The van der Waals surface area contributed by atoms with Crippen molar-refractivity contribution in [2.75, 3.05) is 0 Å². The normalized spacial score (nSPS) is 10.5. The van der Waals surface area contributed by atoms with E-state index in [9.17, 15) is 10.1 Å². The van der Waals surface area contributed by atoms with Gasteiger partial charge in [-0.1, -0.05) is 33.2 Å². The Balaban J connectivity index is 2.49. The predicted octanol–water partition coefficient (Wildman–Crippen LogP) is 3.45. The average Bonchev–Trinajstić information content (AvgIpc) is 2.70. The number of hydrogen-bond donors (Lipinski definition) is 0. The second-order valence-corrected chi connectivity index (χ2v) is 4.09. The van der Waals surface area contributed by atoms with E-state index in [1.54, 1.807) is 12.1 Å². The number of nitrogens with zero attached hydrogens (tertiary/aromatic N) is 2. The fraction of sp³-hybridized carbons (Fsp3) is 0.182. The zero-order valence-electron chi connectivity index (χ0n) is 9.01. The highest BCUT2D eigenvalue weighted by atomic mass is 79.9. The van der Waals surface area contributed by atoms with Crippen LogP contribution in [0.2, 0.25) is 0 Å². The fourth-order valence-electron chi connectivity index (χ4n) is 1.52. The number of rotatable bonds is 3. The average molecular weight is 297 g/mol. The van der Waals surface area contributed by atoms with Crippen LogP contribution in [0.1, 0.15) is 11.3 Å². The van der Waals surface area contributed by atoms with Crippen LogP contribution in [0.15, 0.2) is 28.8 Å². The minimum absolute atomic E-state index is 0.0405. The molecule has 0 N–H and O–H groups in total. The molecule has 0 bridgehead atoms. The summed E-state index contributed by atoms with van der Waals surface area (Å²) >= 11 is 3.30. The number of hydrogen-bond acceptors (Lipinski definition) is 4. The number of halogens is 1. The summed E-state index contributed by atoms with van der Waals surface area (Å²) in [5, 5.41) is 15.2. The molecule has 0 radical (unpaired) electrons. The zero-order valence-corrected chi connectivity index (χ0v) is 10.6. The largest absolute Gasteiger partial charge is 0.356 e. The number of benzene rings is 1. The molecule has 0 unspecified atom stereocenters. The molecule has 88 valence electrons. The highest BCUT2D eigenvalue weighted by molar-refractivity contribution is 9.08. The van der Waals surface area contributed by atoms with Crippen molar-refractivity contribution < 1.29 is 9.45 Å². The van der Waals surface area contributed by atoms with Gasteiger partial charge in [-0.25, -0.2) is 0 Å². The summed E-state index contributed by atoms with van der Waals surface area (Å²) in [5.41, 5.74) is 2.39. The summed E-state index contributed by atoms with van der Waals surface area (Å²) < 4.78 is 5.20. The molecule has 0 fully saturated rings. The number of non-ortho nitro benzene ring substituents is 1. The van der Waals surface area contributed by atoms with Crippen molar-refractivity contribution in [3.8, 4) is 11.3 Å². The summed E-state index contributed by atoms with van der Waals surface area (Å²) in [6.45, 7) is 1.88. The van der Waals surface area contributed by atoms with Crippen molar-refractivity contribution >= 4 is 21.6 Å². The van der Waals surface area contributed by atoms with Crippen molar-refractivity contribution in [3.05, 3.63) is 45.6 Å². The van der Waals surface area contributed by atoms with E-state index in [4.69, 9.17) is 4.52 Å². The first-order valence-electron chi connectivity index (χ1n) is 4.89. The minimum Gasteiger partial charge on any atom is -0.356 e. The van der Waals surface area contributed by atoms with Gasteiger partial charge in [0.1, 0.15) is 0 Å². The molecule has 0 saturated carbocycles. The molecule has 0 saturated heterocycles. The molecule has 0 spiro atoms. The van der Waals surface area contributed by atoms with Gasteiger partial charge >= 0.3 is 0 Å². The maximum Gasteiger partial charge on any atom is 0.270 e. The quantitative estimate of drug-likeness (QED) is 0.494. The lowest BCUT2D eigenvalue weighted by molar-refractivity contribution is -0.384. The second kappa shape index (κ2) is 4.67. The molecule has 17 heavy (non-hydrogen) atoms. The highest BCUT2D eigenvalue weighted by Crippen LogP contribution is 2.28. The second-order valence-electron chi connectivity index (χ2n) is 3.52. The molecule has 2 aromatic rings. The molecular formula is C11H9BrN2O3. The standard InChI is InChI=1S/C11H9BrN2O3/c1-7-10(6-12)13-17-11(7)8-3-2-4-9(5-8)14(15)16/h2-5H,6H2,1H3. The Kier molecular flexibility index (Phi) is 3.23. The van der Waals surface area contributed by atoms with Crippen molar-refractivity contribution in [1.29, 1.82) is 0 Å². The molecule has 1 heterocycles. The Hall–Kier alpha value is -1.69. The molecule has 2 rings (SSSR count). The summed E-state index contributed by atoms with van der Waals surface area (Å²) in [6.07, 6.45) is 0. The van der Waals surface area contributed by atoms with Crippen LogP contribution in [-0.2, 0) is 5.33 Å². The number of nitro benzene ring substituents is 1. The van der Waals surface area contributed by atoms with E-state index in [0.717, 1.165) is 11.3 Å². The van der Waals surface area contributed by atoms with E-state index < -0.39 is 4.92 Å². The van der Waals surface area contributed by atoms with Crippen LogP contribution in [0, 0.1) is 17.0 Å². The molecule has 6 heteroatoms. The Morgan fingerprint density at radius 2 is 2.29 bits per heavy atom. The minimum atomic E-state index is -0.430. The molecule has 1 aromatic heterocycles. The summed E-state index contributed by atoms with van der Waals surface area (Å²) in [6, 6.07) is 6.31. The van der Waals surface area contributed by atoms with Crippen LogP contribution in [0.4, 0.5) is 5.69 Å². The fourth-order valence-corrected chi connectivity index (χ4v) is 2.05. The third kappa shape index (κ3) is 2.21. The third-order valence-electron chi connectivity index (χ3n) is 2.47. The maximum absolute atomic E-state index is 10.7. The number of nitro groups is 1. The molecule has 0 amide bonds. The van der Waals surface area contributed by atoms with Gasteiger partial charge in [0.15, 0.2) is 5.76 Å². The molecule has 0 aliphatic heterocycles. The molecule has 5 nitrogen and oxygen atoms in total. The SMILES string of the molecule is Cc1c(CBr)noc1-c1cccc([N+](=O)[O-])c1.